The van der Waals surface area contributed by atoms with Crippen LogP contribution < -0.4 is 10.6 Å². The van der Waals surface area contributed by atoms with E-state index in [0.717, 1.165) is 23.1 Å². The van der Waals surface area contributed by atoms with Crippen molar-refractivity contribution in [1.82, 2.24) is 15.5 Å². The van der Waals surface area contributed by atoms with Crippen molar-refractivity contribution in [3.8, 4) is 0 Å². The minimum Gasteiger partial charge on any atom is -0.299 e. The van der Waals surface area contributed by atoms with Crippen LogP contribution in [0.15, 0.2) is 0 Å². The average molecular weight is 272 g/mol. The van der Waals surface area contributed by atoms with E-state index in [1.165, 1.54) is 11.3 Å². The van der Waals surface area contributed by atoms with Crippen LogP contribution in [-0.2, 0) is 11.2 Å². The summed E-state index contributed by atoms with van der Waals surface area (Å²) < 4.78 is 0. The summed E-state index contributed by atoms with van der Waals surface area (Å²) in [4.78, 5) is 11.8. The third-order valence-electron chi connectivity index (χ3n) is 2.31. The van der Waals surface area contributed by atoms with Crippen LogP contribution in [0.5, 0.6) is 0 Å². The predicted octanol–water partition coefficient (Wildman–Crippen LogP) is 1.34. The maximum absolute atomic E-state index is 11.8. The molecule has 5 nitrogen and oxygen atoms in total. The Morgan fingerprint density at radius 1 is 1.59 bits per heavy atom. The van der Waals surface area contributed by atoms with E-state index in [2.05, 4.69) is 34.7 Å². The van der Waals surface area contributed by atoms with Crippen molar-refractivity contribution in [3.05, 3.63) is 5.01 Å². The lowest BCUT2D eigenvalue weighted by atomic mass is 10.1. The Bertz CT molecular complexity index is 387. The smallest absolute Gasteiger partial charge is 0.244 e. The molecule has 1 aromatic rings. The molecular weight excluding hydrogens is 256 g/mol. The highest BCUT2D eigenvalue weighted by Gasteiger charge is 2.23. The standard InChI is InChI=1S/C10H16N4OS2/c1-6(2)3-8-13-14-10(17-8)12-9(15)7-4-16-5-11-7/h6-7,11H,3-5H2,1-2H3,(H,12,14,15). The first-order chi connectivity index (χ1) is 8.15. The fraction of sp³-hybridized carbons (Fsp3) is 0.700. The van der Waals surface area contributed by atoms with Gasteiger partial charge in [0.25, 0.3) is 0 Å². The Morgan fingerprint density at radius 2 is 2.41 bits per heavy atom. The predicted molar refractivity (Wildman–Crippen MR) is 71.3 cm³/mol. The first-order valence-corrected chi connectivity index (χ1v) is 7.56. The topological polar surface area (TPSA) is 66.9 Å². The molecule has 1 aliphatic heterocycles. The van der Waals surface area contributed by atoms with Crippen LogP contribution in [0.2, 0.25) is 0 Å². The van der Waals surface area contributed by atoms with Crippen molar-refractivity contribution in [3.63, 3.8) is 0 Å². The van der Waals surface area contributed by atoms with Gasteiger partial charge < -0.3 is 0 Å². The summed E-state index contributed by atoms with van der Waals surface area (Å²) >= 11 is 3.19. The van der Waals surface area contributed by atoms with Gasteiger partial charge in [-0.2, -0.15) is 0 Å². The fourth-order valence-corrected chi connectivity index (χ4v) is 3.39. The van der Waals surface area contributed by atoms with Crippen molar-refractivity contribution >= 4 is 34.1 Å². The number of amides is 1. The zero-order chi connectivity index (χ0) is 12.3. The molecule has 1 fully saturated rings. The summed E-state index contributed by atoms with van der Waals surface area (Å²) in [5.74, 6) is 2.21. The van der Waals surface area contributed by atoms with E-state index in [1.54, 1.807) is 11.8 Å². The normalized spacial score (nSPS) is 19.8. The monoisotopic (exact) mass is 272 g/mol. The molecule has 1 unspecified atom stereocenters. The second-order valence-corrected chi connectivity index (χ2v) is 6.45. The minimum atomic E-state index is -0.0996. The molecule has 0 aliphatic carbocycles. The van der Waals surface area contributed by atoms with E-state index >= 15 is 0 Å². The first-order valence-electron chi connectivity index (χ1n) is 5.59. The number of nitrogens with one attached hydrogen (secondary N) is 2. The molecule has 1 saturated heterocycles. The average Bonchev–Trinajstić information content (AvgIpc) is 2.87. The van der Waals surface area contributed by atoms with E-state index in [0.29, 0.717) is 11.0 Å². The van der Waals surface area contributed by atoms with Gasteiger partial charge >= 0.3 is 0 Å². The quantitative estimate of drug-likeness (QED) is 0.866. The number of carbonyl (C=O) groups is 1. The largest absolute Gasteiger partial charge is 0.299 e. The van der Waals surface area contributed by atoms with Crippen LogP contribution in [0.3, 0.4) is 0 Å². The van der Waals surface area contributed by atoms with Gasteiger partial charge in [0.05, 0.1) is 6.04 Å². The minimum absolute atomic E-state index is 0.0118. The first kappa shape index (κ1) is 12.8. The second-order valence-electron chi connectivity index (χ2n) is 4.36. The number of hydrogen-bond acceptors (Lipinski definition) is 6. The fourth-order valence-electron chi connectivity index (χ4n) is 1.49. The van der Waals surface area contributed by atoms with Crippen LogP contribution >= 0.6 is 23.1 Å². The Balaban J connectivity index is 1.89. The highest BCUT2D eigenvalue weighted by molar-refractivity contribution is 7.99. The number of aromatic nitrogens is 2. The molecule has 0 saturated carbocycles. The van der Waals surface area contributed by atoms with Gasteiger partial charge in [0.2, 0.25) is 11.0 Å². The summed E-state index contributed by atoms with van der Waals surface area (Å²) in [6.45, 7) is 4.28. The van der Waals surface area contributed by atoms with Crippen molar-refractivity contribution in [2.75, 3.05) is 16.9 Å². The van der Waals surface area contributed by atoms with E-state index in [-0.39, 0.29) is 11.9 Å². The van der Waals surface area contributed by atoms with Gasteiger partial charge in [-0.05, 0) is 5.92 Å². The third-order valence-corrected chi connectivity index (χ3v) is 4.11. The summed E-state index contributed by atoms with van der Waals surface area (Å²) in [5, 5.41) is 15.6. The molecule has 17 heavy (non-hydrogen) atoms. The van der Waals surface area contributed by atoms with Crippen molar-refractivity contribution in [2.24, 2.45) is 5.92 Å². The molecule has 0 aromatic carbocycles. The van der Waals surface area contributed by atoms with Gasteiger partial charge in [-0.15, -0.1) is 22.0 Å². The number of anilines is 1. The molecule has 1 aliphatic rings. The van der Waals surface area contributed by atoms with Gasteiger partial charge in [-0.1, -0.05) is 25.2 Å². The number of nitrogens with zero attached hydrogens (tertiary/aromatic N) is 2. The lowest BCUT2D eigenvalue weighted by Crippen LogP contribution is -2.37. The SMILES string of the molecule is CC(C)Cc1nnc(NC(=O)C2CSCN2)s1. The van der Waals surface area contributed by atoms with Crippen LogP contribution in [-0.4, -0.2) is 33.8 Å². The van der Waals surface area contributed by atoms with Crippen LogP contribution in [0.25, 0.3) is 0 Å². The highest BCUT2D eigenvalue weighted by Crippen LogP contribution is 2.19. The van der Waals surface area contributed by atoms with Gasteiger partial charge in [0.15, 0.2) is 0 Å². The molecule has 1 amide bonds. The van der Waals surface area contributed by atoms with Crippen molar-refractivity contribution in [1.29, 1.82) is 0 Å². The summed E-state index contributed by atoms with van der Waals surface area (Å²) in [5.41, 5.74) is 0. The Morgan fingerprint density at radius 3 is 3.06 bits per heavy atom. The maximum atomic E-state index is 11.8. The van der Waals surface area contributed by atoms with E-state index in [9.17, 15) is 4.79 Å². The lowest BCUT2D eigenvalue weighted by molar-refractivity contribution is -0.117. The number of thioether (sulfide) groups is 1. The van der Waals surface area contributed by atoms with E-state index in [1.807, 2.05) is 0 Å². The molecule has 7 heteroatoms. The van der Waals surface area contributed by atoms with Gasteiger partial charge in [0, 0.05) is 18.1 Å². The third kappa shape index (κ3) is 3.65. The van der Waals surface area contributed by atoms with Gasteiger partial charge in [-0.3, -0.25) is 15.4 Å². The zero-order valence-corrected chi connectivity index (χ0v) is 11.5. The molecule has 2 rings (SSSR count). The Kier molecular flexibility index (Phi) is 4.36. The molecule has 1 aromatic heterocycles. The Labute approximate surface area is 109 Å². The highest BCUT2D eigenvalue weighted by atomic mass is 32.2. The number of hydrogen-bond donors (Lipinski definition) is 2. The summed E-state index contributed by atoms with van der Waals surface area (Å²) in [6.07, 6.45) is 0.908. The van der Waals surface area contributed by atoms with E-state index in [4.69, 9.17) is 0 Å². The Hall–Kier alpha value is -0.660. The number of carbonyl (C=O) groups excluding carboxylic acids is 1. The zero-order valence-electron chi connectivity index (χ0n) is 9.90. The van der Waals surface area contributed by atoms with Gasteiger partial charge in [-0.25, -0.2) is 0 Å². The molecule has 94 valence electrons. The summed E-state index contributed by atoms with van der Waals surface area (Å²) in [6, 6.07) is -0.0996. The molecule has 2 heterocycles. The van der Waals surface area contributed by atoms with E-state index < -0.39 is 0 Å². The molecule has 0 bridgehead atoms. The van der Waals surface area contributed by atoms with Crippen molar-refractivity contribution in [2.45, 2.75) is 26.3 Å². The lowest BCUT2D eigenvalue weighted by Gasteiger charge is -2.07. The second kappa shape index (κ2) is 5.79. The summed E-state index contributed by atoms with van der Waals surface area (Å²) in [7, 11) is 0. The maximum Gasteiger partial charge on any atom is 0.244 e. The molecule has 0 radical (unpaired) electrons. The van der Waals surface area contributed by atoms with Crippen LogP contribution in [0.1, 0.15) is 18.9 Å². The molecule has 2 N–H and O–H groups in total. The van der Waals surface area contributed by atoms with Gasteiger partial charge in [0.1, 0.15) is 5.01 Å². The van der Waals surface area contributed by atoms with Crippen LogP contribution in [0.4, 0.5) is 5.13 Å². The molecular formula is C10H16N4OS2. The molecule has 1 atom stereocenters. The van der Waals surface area contributed by atoms with Crippen LogP contribution in [0, 0.1) is 5.92 Å². The molecule has 0 spiro atoms. The number of rotatable bonds is 4. The van der Waals surface area contributed by atoms with Crippen molar-refractivity contribution < 1.29 is 4.79 Å².